The van der Waals surface area contributed by atoms with E-state index in [-0.39, 0.29) is 21.7 Å². The van der Waals surface area contributed by atoms with Crippen LogP contribution in [0, 0.1) is 35.5 Å². The van der Waals surface area contributed by atoms with E-state index in [2.05, 4.69) is 158 Å². The molecule has 2 aromatic carbocycles. The zero-order chi connectivity index (χ0) is 33.7. The van der Waals surface area contributed by atoms with E-state index in [9.17, 15) is 0 Å². The molecule has 0 saturated heterocycles. The first-order valence-electron chi connectivity index (χ1n) is 15.4. The average Bonchev–Trinajstić information content (AvgIpc) is 2.89. The van der Waals surface area contributed by atoms with Crippen molar-refractivity contribution in [1.29, 1.82) is 0 Å². The first-order chi connectivity index (χ1) is 19.1. The summed E-state index contributed by atoms with van der Waals surface area (Å²) in [5, 5.41) is 0. The third-order valence-corrected chi connectivity index (χ3v) is 9.60. The minimum absolute atomic E-state index is 0.109. The van der Waals surface area contributed by atoms with Crippen LogP contribution in [-0.4, -0.2) is 7.80 Å². The minimum atomic E-state index is 0.109. The fourth-order valence-corrected chi connectivity index (χ4v) is 8.14. The van der Waals surface area contributed by atoms with E-state index in [0.717, 1.165) is 0 Å². The molecule has 0 radical (unpaired) electrons. The summed E-state index contributed by atoms with van der Waals surface area (Å²) in [6.07, 6.45) is 0. The van der Waals surface area contributed by atoms with E-state index in [4.69, 9.17) is 0 Å². The Labute approximate surface area is 285 Å². The fraction of sp³-hybridized carbons (Fsp3) is 0.500. The third kappa shape index (κ3) is 14.0. The molecule has 0 aromatic heterocycles. The van der Waals surface area contributed by atoms with Crippen molar-refractivity contribution in [1.82, 2.24) is 0 Å². The number of benzene rings is 2. The average molecular weight is 911 g/mol. The SMILES string of the molecule is CC.CC.[CH2-]C(=C([C](=[W])c1ccccc1)C(C)(C)C)C(C)(C)C.[CH2-]C(=C([C](=[W])c1ccccc1)C(C)(C)C)C(C)(C)C. The Morgan fingerprint density at radius 1 is 0.429 bits per heavy atom. The van der Waals surface area contributed by atoms with Gasteiger partial charge in [-0.2, -0.15) is 0 Å². The molecule has 0 atom stereocenters. The molecule has 2 heteroatoms. The van der Waals surface area contributed by atoms with Crippen LogP contribution in [0.5, 0.6) is 0 Å². The Hall–Kier alpha value is -1.22. The Morgan fingerprint density at radius 2 is 0.643 bits per heavy atom. The van der Waals surface area contributed by atoms with Gasteiger partial charge in [-0.15, -0.1) is 0 Å². The maximum atomic E-state index is 4.39. The summed E-state index contributed by atoms with van der Waals surface area (Å²) in [7, 11) is 0. The van der Waals surface area contributed by atoms with Gasteiger partial charge in [0, 0.05) is 0 Å². The second kappa shape index (κ2) is 18.6. The summed E-state index contributed by atoms with van der Waals surface area (Å²) in [4.78, 5) is 0. The summed E-state index contributed by atoms with van der Waals surface area (Å²) in [5.74, 6) is 0. The summed E-state index contributed by atoms with van der Waals surface area (Å²) in [5.41, 5.74) is 8.47. The van der Waals surface area contributed by atoms with Crippen molar-refractivity contribution in [2.45, 2.75) is 111 Å². The number of allylic oxidation sites excluding steroid dienone is 4. The Morgan fingerprint density at radius 3 is 0.810 bits per heavy atom. The van der Waals surface area contributed by atoms with E-state index in [0.29, 0.717) is 0 Å². The summed E-state index contributed by atoms with van der Waals surface area (Å²) in [6.45, 7) is 44.0. The molecule has 0 bridgehead atoms. The van der Waals surface area contributed by atoms with Gasteiger partial charge in [0.2, 0.25) is 0 Å². The van der Waals surface area contributed by atoms with Crippen molar-refractivity contribution in [2.75, 3.05) is 0 Å². The van der Waals surface area contributed by atoms with Gasteiger partial charge in [-0.05, 0) is 0 Å². The van der Waals surface area contributed by atoms with Crippen molar-refractivity contribution in [3.63, 3.8) is 0 Å². The van der Waals surface area contributed by atoms with Gasteiger partial charge in [-0.25, -0.2) is 0 Å². The van der Waals surface area contributed by atoms with Gasteiger partial charge in [-0.3, -0.25) is 0 Å². The van der Waals surface area contributed by atoms with Gasteiger partial charge in [0.15, 0.2) is 0 Å². The van der Waals surface area contributed by atoms with Crippen LogP contribution in [0.2, 0.25) is 0 Å². The normalized spacial score (nSPS) is 13.0. The van der Waals surface area contributed by atoms with Crippen molar-refractivity contribution < 1.29 is 38.7 Å². The molecule has 0 unspecified atom stereocenters. The fourth-order valence-electron chi connectivity index (χ4n) is 4.08. The van der Waals surface area contributed by atoms with Gasteiger partial charge in [0.25, 0.3) is 0 Å². The van der Waals surface area contributed by atoms with E-state index in [1.807, 2.05) is 27.7 Å². The molecule has 2 rings (SSSR count). The Kier molecular flexibility index (Phi) is 19.0. The molecule has 0 saturated carbocycles. The van der Waals surface area contributed by atoms with Crippen LogP contribution in [0.1, 0.15) is 122 Å². The van der Waals surface area contributed by atoms with Crippen LogP contribution < -0.4 is 0 Å². The molecule has 0 N–H and O–H groups in total. The van der Waals surface area contributed by atoms with Crippen LogP contribution in [0.3, 0.4) is 0 Å². The molecule has 0 aliphatic rings. The molecule has 0 fully saturated rings. The van der Waals surface area contributed by atoms with Gasteiger partial charge >= 0.3 is 259 Å². The van der Waals surface area contributed by atoms with Crippen molar-refractivity contribution in [3.8, 4) is 0 Å². The third-order valence-electron chi connectivity index (χ3n) is 6.44. The molecule has 0 aliphatic carbocycles. The first kappa shape index (κ1) is 42.9. The van der Waals surface area contributed by atoms with Crippen LogP contribution >= 0.6 is 0 Å². The summed E-state index contributed by atoms with van der Waals surface area (Å²) in [6, 6.07) is 21.4. The first-order valence-corrected chi connectivity index (χ1v) is 18.4. The topological polar surface area (TPSA) is 0 Å². The Balaban J connectivity index is 0. The van der Waals surface area contributed by atoms with Crippen LogP contribution in [0.25, 0.3) is 0 Å². The second-order valence-corrected chi connectivity index (χ2v) is 17.0. The zero-order valence-electron chi connectivity index (χ0n) is 30.0. The zero-order valence-corrected chi connectivity index (χ0v) is 35.9. The van der Waals surface area contributed by atoms with Crippen molar-refractivity contribution in [2.24, 2.45) is 21.7 Å². The van der Waals surface area contributed by atoms with Crippen LogP contribution in [0.15, 0.2) is 83.0 Å². The molecule has 42 heavy (non-hydrogen) atoms. The van der Waals surface area contributed by atoms with Gasteiger partial charge < -0.3 is 0 Å². The predicted octanol–water partition coefficient (Wildman–Crippen LogP) is 12.0. The molecule has 0 aliphatic heterocycles. The van der Waals surface area contributed by atoms with E-state index >= 15 is 0 Å². The quantitative estimate of drug-likeness (QED) is 0.268. The maximum absolute atomic E-state index is 4.39. The Bertz CT molecular complexity index is 1050. The number of hydrogen-bond donors (Lipinski definition) is 0. The molecule has 2 aromatic rings. The van der Waals surface area contributed by atoms with Gasteiger partial charge in [0.05, 0.1) is 0 Å². The van der Waals surface area contributed by atoms with Gasteiger partial charge in [-0.1, -0.05) is 27.7 Å². The van der Waals surface area contributed by atoms with E-state index in [1.54, 1.807) is 0 Å². The summed E-state index contributed by atoms with van der Waals surface area (Å²) < 4.78 is 2.85. The molecular formula is C40H62W2-2. The van der Waals surface area contributed by atoms with E-state index in [1.165, 1.54) is 79.9 Å². The number of rotatable bonds is 4. The molecule has 0 spiro atoms. The predicted molar refractivity (Wildman–Crippen MR) is 186 cm³/mol. The second-order valence-electron chi connectivity index (χ2n) is 14.1. The summed E-state index contributed by atoms with van der Waals surface area (Å²) >= 11 is 3.02. The van der Waals surface area contributed by atoms with Crippen LogP contribution in [-0.2, 0) is 38.7 Å². The standard InChI is InChI=1S/2C18H25.2C2H6.2W/c2*1-14(17(2,3)4)16(18(5,6)7)13-15-11-9-8-10-12-15;2*1-2;;/h2*8-12H,1H2,2-7H3;2*1-2H3;;/q2*-1;;;;. The number of hydrogen-bond acceptors (Lipinski definition) is 0. The molecular weight excluding hydrogens is 848 g/mol. The molecule has 0 amide bonds. The van der Waals surface area contributed by atoms with Crippen LogP contribution in [0.4, 0.5) is 0 Å². The molecule has 0 heterocycles. The van der Waals surface area contributed by atoms with Gasteiger partial charge in [0.1, 0.15) is 0 Å². The monoisotopic (exact) mass is 910 g/mol. The molecule has 236 valence electrons. The van der Waals surface area contributed by atoms with Crippen molar-refractivity contribution in [3.05, 3.63) is 108 Å². The van der Waals surface area contributed by atoms with Crippen molar-refractivity contribution >= 4 is 7.80 Å². The van der Waals surface area contributed by atoms with E-state index < -0.39 is 0 Å². The molecule has 0 nitrogen and oxygen atoms in total.